The molecule has 7 heteroatoms. The van der Waals surface area contributed by atoms with Crippen molar-refractivity contribution in [3.63, 3.8) is 0 Å². The minimum absolute atomic E-state index is 0.0540. The van der Waals surface area contributed by atoms with Crippen molar-refractivity contribution < 1.29 is 18.8 Å². The van der Waals surface area contributed by atoms with Crippen molar-refractivity contribution in [3.05, 3.63) is 35.6 Å². The molecular formula is C13H15N3O4. The Morgan fingerprint density at radius 3 is 2.90 bits per heavy atom. The number of hydrogen-bond donors (Lipinski definition) is 0. The predicted molar refractivity (Wildman–Crippen MR) is 68.2 cm³/mol. The van der Waals surface area contributed by atoms with E-state index in [9.17, 15) is 4.79 Å². The molecule has 0 aliphatic carbocycles. The van der Waals surface area contributed by atoms with Crippen molar-refractivity contribution in [2.24, 2.45) is 0 Å². The van der Waals surface area contributed by atoms with Crippen LogP contribution in [0.3, 0.4) is 0 Å². The van der Waals surface area contributed by atoms with Gasteiger partial charge in [-0.2, -0.15) is 4.98 Å². The van der Waals surface area contributed by atoms with Crippen LogP contribution in [0.25, 0.3) is 0 Å². The van der Waals surface area contributed by atoms with Gasteiger partial charge in [-0.25, -0.2) is 9.78 Å². The molecule has 0 amide bonds. The van der Waals surface area contributed by atoms with E-state index in [-0.39, 0.29) is 12.5 Å². The molecule has 0 aromatic carbocycles. The number of rotatable bonds is 6. The van der Waals surface area contributed by atoms with Gasteiger partial charge < -0.3 is 14.0 Å². The fourth-order valence-corrected chi connectivity index (χ4v) is 1.51. The average Bonchev–Trinajstić information content (AvgIpc) is 2.93. The zero-order valence-corrected chi connectivity index (χ0v) is 11.3. The zero-order valence-electron chi connectivity index (χ0n) is 11.3. The monoisotopic (exact) mass is 277 g/mol. The lowest BCUT2D eigenvalue weighted by Gasteiger charge is -2.02. The summed E-state index contributed by atoms with van der Waals surface area (Å²) >= 11 is 0. The summed E-state index contributed by atoms with van der Waals surface area (Å²) in [5.41, 5.74) is 0.332. The van der Waals surface area contributed by atoms with E-state index in [1.54, 1.807) is 12.1 Å². The molecule has 106 valence electrons. The van der Waals surface area contributed by atoms with Crippen LogP contribution in [0, 0.1) is 0 Å². The highest BCUT2D eigenvalue weighted by Crippen LogP contribution is 2.09. The van der Waals surface area contributed by atoms with E-state index >= 15 is 0 Å². The molecule has 0 unspecified atom stereocenters. The molecule has 7 nitrogen and oxygen atoms in total. The second-order valence-corrected chi connectivity index (χ2v) is 4.02. The third-order valence-electron chi connectivity index (χ3n) is 2.49. The second kappa shape index (κ2) is 6.65. The molecule has 2 heterocycles. The maximum Gasteiger partial charge on any atom is 0.340 e. The van der Waals surface area contributed by atoms with E-state index in [4.69, 9.17) is 14.0 Å². The summed E-state index contributed by atoms with van der Waals surface area (Å²) < 4.78 is 14.9. The number of aromatic nitrogens is 3. The summed E-state index contributed by atoms with van der Waals surface area (Å²) in [5.74, 6) is 0.825. The van der Waals surface area contributed by atoms with Gasteiger partial charge in [0.1, 0.15) is 0 Å². The van der Waals surface area contributed by atoms with Gasteiger partial charge in [0.15, 0.2) is 12.4 Å². The Morgan fingerprint density at radius 2 is 2.25 bits per heavy atom. The molecule has 0 aliphatic heterocycles. The molecule has 0 spiro atoms. The number of carbonyl (C=O) groups excluding carboxylic acids is 1. The molecule has 2 rings (SSSR count). The third kappa shape index (κ3) is 3.53. The van der Waals surface area contributed by atoms with Crippen LogP contribution in [-0.4, -0.2) is 28.2 Å². The van der Waals surface area contributed by atoms with Crippen LogP contribution in [0.15, 0.2) is 22.9 Å². The lowest BCUT2D eigenvalue weighted by atomic mass is 10.3. The number of esters is 1. The molecule has 0 bridgehead atoms. The van der Waals surface area contributed by atoms with Gasteiger partial charge in [-0.15, -0.1) is 0 Å². The van der Waals surface area contributed by atoms with E-state index in [0.29, 0.717) is 17.3 Å². The Labute approximate surface area is 115 Å². The minimum atomic E-state index is -0.504. The first kappa shape index (κ1) is 14.0. The smallest absolute Gasteiger partial charge is 0.340 e. The third-order valence-corrected chi connectivity index (χ3v) is 2.49. The number of ether oxygens (including phenoxy) is 2. The molecule has 0 N–H and O–H groups in total. The highest BCUT2D eigenvalue weighted by Gasteiger charge is 2.11. The molecule has 20 heavy (non-hydrogen) atoms. The molecule has 0 atom stereocenters. The second-order valence-electron chi connectivity index (χ2n) is 4.02. The van der Waals surface area contributed by atoms with Crippen LogP contribution in [-0.2, 0) is 17.8 Å². The van der Waals surface area contributed by atoms with Crippen LogP contribution < -0.4 is 4.74 Å². The number of hydrogen-bond acceptors (Lipinski definition) is 7. The van der Waals surface area contributed by atoms with E-state index in [1.807, 2.05) is 6.92 Å². The van der Waals surface area contributed by atoms with Crippen molar-refractivity contribution in [1.82, 2.24) is 15.1 Å². The minimum Gasteiger partial charge on any atom is -0.481 e. The van der Waals surface area contributed by atoms with Gasteiger partial charge >= 0.3 is 5.97 Å². The highest BCUT2D eigenvalue weighted by molar-refractivity contribution is 5.88. The summed E-state index contributed by atoms with van der Waals surface area (Å²) in [5, 5.41) is 3.77. The van der Waals surface area contributed by atoms with Gasteiger partial charge in [0.05, 0.1) is 12.7 Å². The van der Waals surface area contributed by atoms with E-state index in [2.05, 4.69) is 15.1 Å². The summed E-state index contributed by atoms with van der Waals surface area (Å²) in [6.07, 6.45) is 3.05. The Kier molecular flexibility index (Phi) is 4.65. The van der Waals surface area contributed by atoms with Crippen LogP contribution in [0.2, 0.25) is 0 Å². The van der Waals surface area contributed by atoms with Crippen molar-refractivity contribution in [3.8, 4) is 5.88 Å². The fourth-order valence-electron chi connectivity index (χ4n) is 1.51. The van der Waals surface area contributed by atoms with Gasteiger partial charge in [-0.05, 0) is 12.5 Å². The molecule has 0 fully saturated rings. The zero-order chi connectivity index (χ0) is 14.4. The van der Waals surface area contributed by atoms with Crippen LogP contribution in [0.4, 0.5) is 0 Å². The van der Waals surface area contributed by atoms with Gasteiger partial charge in [0.25, 0.3) is 5.89 Å². The van der Waals surface area contributed by atoms with Crippen LogP contribution >= 0.6 is 0 Å². The van der Waals surface area contributed by atoms with Crippen LogP contribution in [0.1, 0.15) is 35.4 Å². The molecule has 2 aromatic rings. The number of pyridine rings is 1. The van der Waals surface area contributed by atoms with Crippen molar-refractivity contribution in [2.45, 2.75) is 26.4 Å². The standard InChI is InChI=1S/C13H15N3O4/c1-3-4-10-15-12(20-16-10)8-19-13(17)9-5-6-11(18-2)14-7-9/h5-7H,3-4,8H2,1-2H3. The predicted octanol–water partition coefficient (Wildman–Crippen LogP) is 1.78. The summed E-state index contributed by atoms with van der Waals surface area (Å²) in [6, 6.07) is 3.16. The normalized spacial score (nSPS) is 10.3. The van der Waals surface area contributed by atoms with E-state index < -0.39 is 5.97 Å². The van der Waals surface area contributed by atoms with Gasteiger partial charge in [-0.3, -0.25) is 0 Å². The first-order valence-electron chi connectivity index (χ1n) is 6.21. The number of nitrogens with zero attached hydrogens (tertiary/aromatic N) is 3. The summed E-state index contributed by atoms with van der Waals surface area (Å²) in [4.78, 5) is 19.8. The first-order chi connectivity index (χ1) is 9.72. The first-order valence-corrected chi connectivity index (χ1v) is 6.21. The molecule has 2 aromatic heterocycles. The topological polar surface area (TPSA) is 87.3 Å². The largest absolute Gasteiger partial charge is 0.481 e. The Bertz CT molecular complexity index is 565. The maximum absolute atomic E-state index is 11.8. The Balaban J connectivity index is 1.90. The SMILES string of the molecule is CCCc1noc(COC(=O)c2ccc(OC)nc2)n1. The summed E-state index contributed by atoms with van der Waals surface area (Å²) in [6.45, 7) is 1.97. The number of aryl methyl sites for hydroxylation is 1. The molecule has 0 saturated heterocycles. The quantitative estimate of drug-likeness (QED) is 0.743. The van der Waals surface area contributed by atoms with Crippen LogP contribution in [0.5, 0.6) is 5.88 Å². The lowest BCUT2D eigenvalue weighted by molar-refractivity contribution is 0.0429. The van der Waals surface area contributed by atoms with Gasteiger partial charge in [-0.1, -0.05) is 12.1 Å². The van der Waals surface area contributed by atoms with Crippen molar-refractivity contribution >= 4 is 5.97 Å². The van der Waals surface area contributed by atoms with Gasteiger partial charge in [0, 0.05) is 18.7 Å². The fraction of sp³-hybridized carbons (Fsp3) is 0.385. The molecular weight excluding hydrogens is 262 g/mol. The molecule has 0 saturated carbocycles. The van der Waals surface area contributed by atoms with Gasteiger partial charge in [0.2, 0.25) is 5.88 Å². The van der Waals surface area contributed by atoms with Crippen molar-refractivity contribution in [2.75, 3.05) is 7.11 Å². The summed E-state index contributed by atoms with van der Waals surface area (Å²) in [7, 11) is 1.50. The van der Waals surface area contributed by atoms with Crippen molar-refractivity contribution in [1.29, 1.82) is 0 Å². The Morgan fingerprint density at radius 1 is 1.40 bits per heavy atom. The molecule has 0 aliphatic rings. The number of carbonyl (C=O) groups is 1. The molecule has 0 radical (unpaired) electrons. The highest BCUT2D eigenvalue weighted by atomic mass is 16.6. The maximum atomic E-state index is 11.8. The number of methoxy groups -OCH3 is 1. The van der Waals surface area contributed by atoms with E-state index in [1.165, 1.54) is 13.3 Å². The Hall–Kier alpha value is -2.44. The lowest BCUT2D eigenvalue weighted by Crippen LogP contribution is -2.06. The van der Waals surface area contributed by atoms with E-state index in [0.717, 1.165) is 12.8 Å². The average molecular weight is 277 g/mol.